The highest BCUT2D eigenvalue weighted by Gasteiger charge is 2.24. The molecular weight excluding hydrogens is 410 g/mol. The molecule has 0 bridgehead atoms. The van der Waals surface area contributed by atoms with Crippen molar-refractivity contribution in [3.05, 3.63) is 76.1 Å². The van der Waals surface area contributed by atoms with E-state index in [4.69, 9.17) is 4.74 Å². The van der Waals surface area contributed by atoms with Crippen LogP contribution in [-0.2, 0) is 4.74 Å². The molecule has 0 fully saturated rings. The fourth-order valence-electron chi connectivity index (χ4n) is 3.53. The molecule has 4 rings (SSSR count). The number of aromatic nitrogens is 2. The fraction of sp³-hybridized carbons (Fsp3) is 0.208. The number of esters is 1. The van der Waals surface area contributed by atoms with Crippen LogP contribution in [0.5, 0.6) is 0 Å². The van der Waals surface area contributed by atoms with Crippen LogP contribution in [0, 0.1) is 20.8 Å². The number of nitrogens with zero attached hydrogens (tertiary/aromatic N) is 2. The van der Waals surface area contributed by atoms with Crippen LogP contribution >= 0.6 is 11.3 Å². The van der Waals surface area contributed by atoms with Crippen molar-refractivity contribution in [1.82, 2.24) is 9.38 Å². The Morgan fingerprint density at radius 2 is 1.87 bits per heavy atom. The number of ether oxygens (including phenoxy) is 1. The number of aryl methyl sites for hydroxylation is 3. The predicted octanol–water partition coefficient (Wildman–Crippen LogP) is 5.42. The number of hydrogen-bond donors (Lipinski definition) is 1. The average Bonchev–Trinajstić information content (AvgIpc) is 3.32. The Morgan fingerprint density at radius 1 is 1.10 bits per heavy atom. The molecule has 0 saturated carbocycles. The van der Waals surface area contributed by atoms with E-state index in [1.807, 2.05) is 56.6 Å². The summed E-state index contributed by atoms with van der Waals surface area (Å²) in [5, 5.41) is 5.20. The number of nitrogens with one attached hydrogen (secondary N) is 1. The molecule has 0 atom stereocenters. The molecule has 6 nitrogen and oxygen atoms in total. The lowest BCUT2D eigenvalue weighted by Crippen LogP contribution is -2.15. The lowest BCUT2D eigenvalue weighted by Gasteiger charge is -2.10. The van der Waals surface area contributed by atoms with E-state index in [9.17, 15) is 9.59 Å². The van der Waals surface area contributed by atoms with Crippen molar-refractivity contribution in [3.8, 4) is 11.1 Å². The molecule has 0 saturated heterocycles. The van der Waals surface area contributed by atoms with E-state index in [0.29, 0.717) is 16.2 Å². The van der Waals surface area contributed by atoms with Crippen LogP contribution in [0.4, 0.5) is 5.00 Å². The van der Waals surface area contributed by atoms with Gasteiger partial charge in [-0.15, -0.1) is 11.3 Å². The molecule has 0 aliphatic carbocycles. The number of hydrogen-bond acceptors (Lipinski definition) is 5. The smallest absolute Gasteiger partial charge is 0.341 e. The Kier molecular flexibility index (Phi) is 5.61. The van der Waals surface area contributed by atoms with E-state index in [0.717, 1.165) is 27.8 Å². The van der Waals surface area contributed by atoms with Gasteiger partial charge in [-0.3, -0.25) is 4.79 Å². The van der Waals surface area contributed by atoms with Gasteiger partial charge in [0.05, 0.1) is 6.61 Å². The summed E-state index contributed by atoms with van der Waals surface area (Å²) < 4.78 is 7.09. The maximum atomic E-state index is 12.9. The van der Waals surface area contributed by atoms with Gasteiger partial charge in [-0.1, -0.05) is 23.8 Å². The highest BCUT2D eigenvalue weighted by atomic mass is 32.1. The van der Waals surface area contributed by atoms with Crippen molar-refractivity contribution in [3.63, 3.8) is 0 Å². The summed E-state index contributed by atoms with van der Waals surface area (Å²) in [6.45, 7) is 8.02. The van der Waals surface area contributed by atoms with Gasteiger partial charge >= 0.3 is 5.97 Å². The second-order valence-corrected chi connectivity index (χ2v) is 8.32. The Morgan fingerprint density at radius 3 is 2.61 bits per heavy atom. The molecule has 158 valence electrons. The molecule has 0 unspecified atom stereocenters. The van der Waals surface area contributed by atoms with Gasteiger partial charge < -0.3 is 14.5 Å². The minimum Gasteiger partial charge on any atom is -0.462 e. The number of carbonyl (C=O) groups is 2. The molecule has 1 N–H and O–H groups in total. The first-order valence-electron chi connectivity index (χ1n) is 10.00. The molecule has 1 amide bonds. The Hall–Kier alpha value is -3.45. The van der Waals surface area contributed by atoms with E-state index in [1.54, 1.807) is 17.5 Å². The van der Waals surface area contributed by atoms with Crippen molar-refractivity contribution in [2.75, 3.05) is 11.9 Å². The SMILES string of the molecule is CCOC(=O)c1c(-c2ccc(C)cc2C)csc1NC(=O)c1cn2ccc(C)cc2n1. The molecule has 31 heavy (non-hydrogen) atoms. The highest BCUT2D eigenvalue weighted by Crippen LogP contribution is 2.38. The fourth-order valence-corrected chi connectivity index (χ4v) is 4.47. The molecule has 0 aliphatic rings. The zero-order valence-corrected chi connectivity index (χ0v) is 18.7. The Labute approximate surface area is 184 Å². The van der Waals surface area contributed by atoms with Gasteiger partial charge in [0.15, 0.2) is 0 Å². The summed E-state index contributed by atoms with van der Waals surface area (Å²) >= 11 is 1.30. The topological polar surface area (TPSA) is 72.7 Å². The molecule has 4 aromatic rings. The number of carbonyl (C=O) groups excluding carboxylic acids is 2. The number of imidazole rings is 1. The summed E-state index contributed by atoms with van der Waals surface area (Å²) in [4.78, 5) is 30.1. The number of amides is 1. The Bertz CT molecular complexity index is 1300. The monoisotopic (exact) mass is 433 g/mol. The van der Waals surface area contributed by atoms with E-state index < -0.39 is 5.97 Å². The van der Waals surface area contributed by atoms with Crippen molar-refractivity contribution in [2.45, 2.75) is 27.7 Å². The van der Waals surface area contributed by atoms with Gasteiger partial charge in [-0.05, 0) is 56.5 Å². The van der Waals surface area contributed by atoms with Crippen molar-refractivity contribution >= 4 is 33.9 Å². The van der Waals surface area contributed by atoms with Crippen molar-refractivity contribution < 1.29 is 14.3 Å². The second kappa shape index (κ2) is 8.35. The summed E-state index contributed by atoms with van der Waals surface area (Å²) in [5.41, 5.74) is 6.29. The molecule has 1 aromatic carbocycles. The van der Waals surface area contributed by atoms with E-state index in [1.165, 1.54) is 11.3 Å². The number of rotatable bonds is 5. The van der Waals surface area contributed by atoms with Gasteiger partial charge in [-0.25, -0.2) is 9.78 Å². The predicted molar refractivity (Wildman–Crippen MR) is 123 cm³/mol. The third kappa shape index (κ3) is 4.09. The number of fused-ring (bicyclic) bond motifs is 1. The summed E-state index contributed by atoms with van der Waals surface area (Å²) in [6, 6.07) is 9.92. The minimum atomic E-state index is -0.459. The summed E-state index contributed by atoms with van der Waals surface area (Å²) in [7, 11) is 0. The van der Waals surface area contributed by atoms with Crippen LogP contribution in [0.25, 0.3) is 16.8 Å². The number of pyridine rings is 1. The lowest BCUT2D eigenvalue weighted by atomic mass is 9.97. The standard InChI is InChI=1S/C24H23N3O3S/c1-5-30-24(29)21-18(17-7-6-14(2)10-16(17)4)13-31-23(21)26-22(28)19-12-27-9-8-15(3)11-20(27)25-19/h6-13H,5H2,1-4H3,(H,26,28). The van der Waals surface area contributed by atoms with Gasteiger partial charge in [0, 0.05) is 23.3 Å². The van der Waals surface area contributed by atoms with Crippen LogP contribution in [0.2, 0.25) is 0 Å². The molecule has 7 heteroatoms. The third-order valence-corrected chi connectivity index (χ3v) is 5.91. The normalized spacial score (nSPS) is 11.0. The minimum absolute atomic E-state index is 0.250. The van der Waals surface area contributed by atoms with Gasteiger partial charge in [0.1, 0.15) is 21.9 Å². The Balaban J connectivity index is 1.72. The number of anilines is 1. The van der Waals surface area contributed by atoms with E-state index >= 15 is 0 Å². The van der Waals surface area contributed by atoms with Crippen LogP contribution in [0.1, 0.15) is 44.5 Å². The van der Waals surface area contributed by atoms with Crippen LogP contribution in [-0.4, -0.2) is 27.9 Å². The quantitative estimate of drug-likeness (QED) is 0.427. The van der Waals surface area contributed by atoms with E-state index in [-0.39, 0.29) is 18.2 Å². The van der Waals surface area contributed by atoms with Crippen molar-refractivity contribution in [2.24, 2.45) is 0 Å². The number of thiophene rings is 1. The first-order valence-corrected chi connectivity index (χ1v) is 10.9. The lowest BCUT2D eigenvalue weighted by molar-refractivity contribution is 0.0529. The van der Waals surface area contributed by atoms with Gasteiger partial charge in [0.2, 0.25) is 0 Å². The average molecular weight is 434 g/mol. The first-order chi connectivity index (χ1) is 14.9. The van der Waals surface area contributed by atoms with Crippen LogP contribution in [0.3, 0.4) is 0 Å². The molecule has 3 aromatic heterocycles. The zero-order chi connectivity index (χ0) is 22.1. The van der Waals surface area contributed by atoms with Crippen LogP contribution < -0.4 is 5.32 Å². The summed E-state index contributed by atoms with van der Waals surface area (Å²) in [5.74, 6) is -0.833. The maximum Gasteiger partial charge on any atom is 0.341 e. The van der Waals surface area contributed by atoms with Crippen molar-refractivity contribution in [1.29, 1.82) is 0 Å². The van der Waals surface area contributed by atoms with Gasteiger partial charge in [-0.2, -0.15) is 0 Å². The maximum absolute atomic E-state index is 12.9. The summed E-state index contributed by atoms with van der Waals surface area (Å²) in [6.07, 6.45) is 3.54. The zero-order valence-electron chi connectivity index (χ0n) is 17.9. The number of benzene rings is 1. The molecule has 0 spiro atoms. The third-order valence-electron chi connectivity index (χ3n) is 5.02. The van der Waals surface area contributed by atoms with Crippen LogP contribution in [0.15, 0.2) is 48.1 Å². The van der Waals surface area contributed by atoms with Gasteiger partial charge in [0.25, 0.3) is 5.91 Å². The molecule has 0 aliphatic heterocycles. The first kappa shape index (κ1) is 20.8. The van der Waals surface area contributed by atoms with E-state index in [2.05, 4.69) is 16.4 Å². The highest BCUT2D eigenvalue weighted by molar-refractivity contribution is 7.15. The largest absolute Gasteiger partial charge is 0.462 e. The molecule has 3 heterocycles. The molecular formula is C24H23N3O3S. The molecule has 0 radical (unpaired) electrons. The second-order valence-electron chi connectivity index (χ2n) is 7.44.